The highest BCUT2D eigenvalue weighted by Gasteiger charge is 2.44. The molecule has 2 heterocycles. The van der Waals surface area contributed by atoms with Crippen molar-refractivity contribution in [1.82, 2.24) is 14.9 Å². The van der Waals surface area contributed by atoms with E-state index in [1.165, 1.54) is 30.6 Å². The molecule has 0 bridgehead atoms. The van der Waals surface area contributed by atoms with Gasteiger partial charge in [0, 0.05) is 55.9 Å². The first-order chi connectivity index (χ1) is 23.4. The number of methoxy groups -OCH3 is 1. The molecule has 1 spiro atoms. The molecule has 2 aromatic carbocycles. The van der Waals surface area contributed by atoms with E-state index >= 15 is 0 Å². The molecular weight excluding hydrogens is 664 g/mol. The lowest BCUT2D eigenvalue weighted by atomic mass is 9.69. The van der Waals surface area contributed by atoms with Gasteiger partial charge in [0.15, 0.2) is 0 Å². The molecule has 12 heteroatoms. The van der Waals surface area contributed by atoms with Crippen LogP contribution >= 0.6 is 11.6 Å². The van der Waals surface area contributed by atoms with Crippen LogP contribution in [0.15, 0.2) is 60.0 Å². The number of ether oxygens (including phenoxy) is 2. The van der Waals surface area contributed by atoms with Crippen LogP contribution in [0.5, 0.6) is 5.75 Å². The van der Waals surface area contributed by atoms with Crippen molar-refractivity contribution in [3.8, 4) is 5.75 Å². The highest BCUT2D eigenvalue weighted by atomic mass is 35.5. The van der Waals surface area contributed by atoms with Crippen molar-refractivity contribution >= 4 is 39.0 Å². The summed E-state index contributed by atoms with van der Waals surface area (Å²) in [6, 6.07) is 13.3. The number of nitrogens with zero attached hydrogens (tertiary/aromatic N) is 4. The fraction of sp³-hybridized carbons (Fsp3) is 0.514. The smallest absolute Gasteiger partial charge is 0.337 e. The average Bonchev–Trinajstić information content (AvgIpc) is 3.25. The number of aryl methyl sites for hydroxylation is 1. The third-order valence-corrected chi connectivity index (χ3v) is 13.4. The SMILES string of the molecule is COC(=O)c1ccc2c(c1)N(C[C@@H]1CC[C@H]1CN(C)C(=O)C[C@@H](C)[C@@H](C)S(=O)(=O)c1ncccn1)C[C@@]1(CCCc3cc(Cl)ccc31)CO2. The van der Waals surface area contributed by atoms with E-state index in [4.69, 9.17) is 21.1 Å². The van der Waals surface area contributed by atoms with Crippen LogP contribution in [0.3, 0.4) is 0 Å². The molecule has 3 aromatic rings. The summed E-state index contributed by atoms with van der Waals surface area (Å²) in [6.07, 6.45) is 7.94. The zero-order valence-corrected chi connectivity index (χ0v) is 30.2. The van der Waals surface area contributed by atoms with Crippen molar-refractivity contribution in [3.63, 3.8) is 0 Å². The first-order valence-electron chi connectivity index (χ1n) is 17.1. The number of halogens is 1. The molecule has 1 saturated carbocycles. The minimum absolute atomic E-state index is 0.0816. The molecule has 49 heavy (non-hydrogen) atoms. The summed E-state index contributed by atoms with van der Waals surface area (Å²) in [7, 11) is -0.575. The molecular formula is C37H45ClN4O6S. The number of carbonyl (C=O) groups excluding carboxylic acids is 2. The number of rotatable bonds is 10. The highest BCUT2D eigenvalue weighted by molar-refractivity contribution is 7.91. The van der Waals surface area contributed by atoms with Crippen LogP contribution in [0, 0.1) is 17.8 Å². The van der Waals surface area contributed by atoms with Crippen LogP contribution in [0.25, 0.3) is 0 Å². The Morgan fingerprint density at radius 2 is 1.88 bits per heavy atom. The van der Waals surface area contributed by atoms with Gasteiger partial charge in [-0.15, -0.1) is 0 Å². The zero-order chi connectivity index (χ0) is 34.9. The van der Waals surface area contributed by atoms with Gasteiger partial charge in [-0.05, 0) is 104 Å². The molecule has 3 aliphatic rings. The third kappa shape index (κ3) is 7.15. The van der Waals surface area contributed by atoms with Gasteiger partial charge >= 0.3 is 5.97 Å². The normalized spacial score (nSPS) is 22.8. The number of hydrogen-bond acceptors (Lipinski definition) is 9. The van der Waals surface area contributed by atoms with E-state index in [1.54, 1.807) is 37.9 Å². The molecule has 262 valence electrons. The Bertz CT molecular complexity index is 1810. The highest BCUT2D eigenvalue weighted by Crippen LogP contribution is 2.46. The number of fused-ring (bicyclic) bond motifs is 3. The summed E-state index contributed by atoms with van der Waals surface area (Å²) in [4.78, 5) is 38.0. The number of amides is 1. The predicted octanol–water partition coefficient (Wildman–Crippen LogP) is 5.76. The minimum atomic E-state index is -3.77. The summed E-state index contributed by atoms with van der Waals surface area (Å²) in [5.74, 6) is 0.458. The molecule has 0 N–H and O–H groups in total. The van der Waals surface area contributed by atoms with E-state index in [0.29, 0.717) is 24.6 Å². The topological polar surface area (TPSA) is 119 Å². The Morgan fingerprint density at radius 1 is 1.12 bits per heavy atom. The molecule has 0 saturated heterocycles. The standard InChI is InChI=1S/C37H45ClN4O6S/c1-24(25(2)49(45,46)36-39-15-6-16-40-36)17-34(43)41(3)20-28-8-9-29(28)21-42-22-37(14-5-7-26-18-30(38)11-12-31(26)37)23-48-33-13-10-27(19-32(33)42)35(44)47-4/h6,10-13,15-16,18-19,24-25,28-29H,5,7-9,14,17,20-23H2,1-4H3/t24-,25-,28+,29+,37+/m1/s1. The number of aromatic nitrogens is 2. The van der Waals surface area contributed by atoms with Gasteiger partial charge < -0.3 is 19.3 Å². The largest absolute Gasteiger partial charge is 0.490 e. The quantitative estimate of drug-likeness (QED) is 0.191. The van der Waals surface area contributed by atoms with Crippen molar-refractivity contribution in [2.75, 3.05) is 45.3 Å². The van der Waals surface area contributed by atoms with Gasteiger partial charge in [0.1, 0.15) is 5.75 Å². The van der Waals surface area contributed by atoms with Gasteiger partial charge in [0.05, 0.1) is 30.2 Å². The number of benzene rings is 2. The average molecular weight is 709 g/mol. The van der Waals surface area contributed by atoms with Crippen molar-refractivity contribution in [3.05, 3.63) is 76.6 Å². The maximum atomic E-state index is 13.4. The number of sulfone groups is 1. The van der Waals surface area contributed by atoms with Crippen molar-refractivity contribution in [2.45, 2.75) is 68.2 Å². The molecule has 2 aliphatic carbocycles. The monoisotopic (exact) mass is 708 g/mol. The van der Waals surface area contributed by atoms with Gasteiger partial charge in [-0.2, -0.15) is 0 Å². The first kappa shape index (κ1) is 35.1. The maximum Gasteiger partial charge on any atom is 0.337 e. The summed E-state index contributed by atoms with van der Waals surface area (Å²) >= 11 is 6.42. The van der Waals surface area contributed by atoms with E-state index in [1.807, 2.05) is 18.2 Å². The van der Waals surface area contributed by atoms with Crippen molar-refractivity contribution < 1.29 is 27.5 Å². The van der Waals surface area contributed by atoms with Crippen molar-refractivity contribution in [1.29, 1.82) is 0 Å². The molecule has 1 fully saturated rings. The van der Waals surface area contributed by atoms with E-state index in [0.717, 1.165) is 61.7 Å². The molecule has 10 nitrogen and oxygen atoms in total. The Kier molecular flexibility index (Phi) is 10.2. The third-order valence-electron chi connectivity index (χ3n) is 11.0. The van der Waals surface area contributed by atoms with E-state index in [2.05, 4.69) is 27.0 Å². The summed E-state index contributed by atoms with van der Waals surface area (Å²) in [5, 5.41) is -0.286. The molecule has 5 atom stereocenters. The Labute approximate surface area is 294 Å². The van der Waals surface area contributed by atoms with Gasteiger partial charge in [0.25, 0.3) is 0 Å². The van der Waals surface area contributed by atoms with Gasteiger partial charge in [0.2, 0.25) is 20.9 Å². The van der Waals surface area contributed by atoms with Crippen molar-refractivity contribution in [2.24, 2.45) is 17.8 Å². The van der Waals surface area contributed by atoms with Crippen LogP contribution < -0.4 is 9.64 Å². The van der Waals surface area contributed by atoms with Gasteiger partial charge in [-0.1, -0.05) is 24.6 Å². The lowest BCUT2D eigenvalue weighted by Crippen LogP contribution is -2.49. The molecule has 1 aromatic heterocycles. The molecule has 0 unspecified atom stereocenters. The number of esters is 1. The molecule has 0 radical (unpaired) electrons. The molecule has 1 aliphatic heterocycles. The number of hydrogen-bond donors (Lipinski definition) is 0. The zero-order valence-electron chi connectivity index (χ0n) is 28.6. The second-order valence-electron chi connectivity index (χ2n) is 14.1. The van der Waals surface area contributed by atoms with Crippen LogP contribution in [0.4, 0.5) is 5.69 Å². The summed E-state index contributed by atoms with van der Waals surface area (Å²) in [6.45, 7) is 6.00. The second kappa shape index (κ2) is 14.3. The van der Waals surface area contributed by atoms with E-state index < -0.39 is 27.0 Å². The van der Waals surface area contributed by atoms with Crippen LogP contribution in [0.1, 0.15) is 67.4 Å². The molecule has 6 rings (SSSR count). The summed E-state index contributed by atoms with van der Waals surface area (Å²) < 4.78 is 37.8. The van der Waals surface area contributed by atoms with Gasteiger partial charge in [-0.25, -0.2) is 23.2 Å². The van der Waals surface area contributed by atoms with Crippen LogP contribution in [0.2, 0.25) is 5.02 Å². The lowest BCUT2D eigenvalue weighted by Gasteiger charge is -2.45. The Morgan fingerprint density at radius 3 is 2.59 bits per heavy atom. The minimum Gasteiger partial charge on any atom is -0.490 e. The van der Waals surface area contributed by atoms with E-state index in [9.17, 15) is 18.0 Å². The lowest BCUT2D eigenvalue weighted by molar-refractivity contribution is -0.132. The van der Waals surface area contributed by atoms with Crippen LogP contribution in [-0.4, -0.2) is 80.8 Å². The number of anilines is 1. The van der Waals surface area contributed by atoms with Gasteiger partial charge in [-0.3, -0.25) is 4.79 Å². The summed E-state index contributed by atoms with van der Waals surface area (Å²) in [5.41, 5.74) is 3.64. The van der Waals surface area contributed by atoms with Crippen LogP contribution in [-0.2, 0) is 31.2 Å². The molecule has 1 amide bonds. The fourth-order valence-electron chi connectivity index (χ4n) is 7.72. The second-order valence-corrected chi connectivity index (χ2v) is 16.7. The number of carbonyl (C=O) groups is 2. The Balaban J connectivity index is 1.18. The van der Waals surface area contributed by atoms with E-state index in [-0.39, 0.29) is 28.8 Å². The maximum absolute atomic E-state index is 13.4. The Hall–Kier alpha value is -3.70. The predicted molar refractivity (Wildman–Crippen MR) is 188 cm³/mol. The fourth-order valence-corrected chi connectivity index (χ4v) is 9.37. The first-order valence-corrected chi connectivity index (χ1v) is 19.0.